The van der Waals surface area contributed by atoms with E-state index in [9.17, 15) is 14.4 Å². The molecule has 0 unspecified atom stereocenters. The number of carbonyl (C=O) groups is 3. The molecule has 0 aliphatic rings. The molecular formula is C21H25N3O4. The monoisotopic (exact) mass is 383 g/mol. The minimum atomic E-state index is -0.554. The maximum absolute atomic E-state index is 12.5. The fourth-order valence-corrected chi connectivity index (χ4v) is 2.55. The molecule has 148 valence electrons. The topological polar surface area (TPSA) is 87.7 Å². The van der Waals surface area contributed by atoms with E-state index in [4.69, 9.17) is 4.74 Å². The molecule has 2 rings (SSSR count). The number of nitrogens with zero attached hydrogens (tertiary/aromatic N) is 1. The molecule has 0 saturated heterocycles. The van der Waals surface area contributed by atoms with Gasteiger partial charge in [-0.25, -0.2) is 4.79 Å². The molecule has 0 radical (unpaired) electrons. The highest BCUT2D eigenvalue weighted by molar-refractivity contribution is 5.99. The van der Waals surface area contributed by atoms with Crippen LogP contribution in [0.3, 0.4) is 0 Å². The van der Waals surface area contributed by atoms with E-state index in [2.05, 4.69) is 10.6 Å². The smallest absolute Gasteiger partial charge is 0.411 e. The highest BCUT2D eigenvalue weighted by atomic mass is 16.5. The van der Waals surface area contributed by atoms with Crippen molar-refractivity contribution in [3.8, 4) is 0 Å². The molecule has 7 heteroatoms. The molecule has 0 aliphatic carbocycles. The van der Waals surface area contributed by atoms with Gasteiger partial charge in [0.15, 0.2) is 0 Å². The van der Waals surface area contributed by atoms with Crippen molar-refractivity contribution in [1.82, 2.24) is 4.90 Å². The number of aryl methyl sites for hydroxylation is 2. The number of anilines is 2. The van der Waals surface area contributed by atoms with Gasteiger partial charge >= 0.3 is 6.09 Å². The molecule has 2 aromatic carbocycles. The van der Waals surface area contributed by atoms with Gasteiger partial charge in [0.2, 0.25) is 5.91 Å². The summed E-state index contributed by atoms with van der Waals surface area (Å²) < 4.78 is 4.80. The lowest BCUT2D eigenvalue weighted by Crippen LogP contribution is -2.35. The number of ether oxygens (including phenoxy) is 1. The summed E-state index contributed by atoms with van der Waals surface area (Å²) in [7, 11) is 1.57. The average Bonchev–Trinajstić information content (AvgIpc) is 2.65. The Morgan fingerprint density at radius 1 is 1.00 bits per heavy atom. The summed E-state index contributed by atoms with van der Waals surface area (Å²) in [5.74, 6) is -0.566. The Hall–Kier alpha value is -3.35. The van der Waals surface area contributed by atoms with Crippen LogP contribution in [0.2, 0.25) is 0 Å². The number of nitrogens with one attached hydrogen (secondary N) is 2. The molecule has 7 nitrogen and oxygen atoms in total. The number of benzene rings is 2. The van der Waals surface area contributed by atoms with Gasteiger partial charge in [-0.05, 0) is 62.2 Å². The Morgan fingerprint density at radius 2 is 1.68 bits per heavy atom. The van der Waals surface area contributed by atoms with E-state index in [1.807, 2.05) is 32.0 Å². The number of rotatable bonds is 6. The third kappa shape index (κ3) is 5.84. The Labute approximate surface area is 164 Å². The molecule has 0 atom stereocenters. The summed E-state index contributed by atoms with van der Waals surface area (Å²) in [5, 5.41) is 5.39. The zero-order valence-corrected chi connectivity index (χ0v) is 16.5. The van der Waals surface area contributed by atoms with Crippen LogP contribution in [0, 0.1) is 13.8 Å². The lowest BCUT2D eigenvalue weighted by molar-refractivity contribution is -0.116. The molecule has 2 N–H and O–H groups in total. The van der Waals surface area contributed by atoms with Crippen LogP contribution in [-0.4, -0.2) is 43.0 Å². The second kappa shape index (κ2) is 9.55. The molecule has 0 fully saturated rings. The zero-order chi connectivity index (χ0) is 20.7. The molecular weight excluding hydrogens is 358 g/mol. The van der Waals surface area contributed by atoms with Crippen molar-refractivity contribution in [2.24, 2.45) is 0 Å². The predicted octanol–water partition coefficient (Wildman–Crippen LogP) is 3.58. The lowest BCUT2D eigenvalue weighted by atomic mass is 10.1. The number of amides is 3. The summed E-state index contributed by atoms with van der Waals surface area (Å²) in [6.07, 6.45) is -0.554. The average molecular weight is 383 g/mol. The number of carbonyl (C=O) groups excluding carboxylic acids is 3. The highest BCUT2D eigenvalue weighted by Crippen LogP contribution is 2.16. The Bertz CT molecular complexity index is 862. The summed E-state index contributed by atoms with van der Waals surface area (Å²) in [6, 6.07) is 12.2. The first kappa shape index (κ1) is 21.0. The molecule has 0 aliphatic heterocycles. The van der Waals surface area contributed by atoms with Crippen molar-refractivity contribution in [1.29, 1.82) is 0 Å². The van der Waals surface area contributed by atoms with Crippen LogP contribution >= 0.6 is 0 Å². The first-order valence-electron chi connectivity index (χ1n) is 8.96. The second-order valence-corrected chi connectivity index (χ2v) is 6.45. The van der Waals surface area contributed by atoms with Crippen molar-refractivity contribution < 1.29 is 19.1 Å². The van der Waals surface area contributed by atoms with E-state index in [0.717, 1.165) is 16.8 Å². The van der Waals surface area contributed by atoms with Gasteiger partial charge in [-0.1, -0.05) is 12.1 Å². The predicted molar refractivity (Wildman–Crippen MR) is 109 cm³/mol. The van der Waals surface area contributed by atoms with Gasteiger partial charge in [0.1, 0.15) is 0 Å². The molecule has 2 aromatic rings. The molecule has 0 heterocycles. The van der Waals surface area contributed by atoms with Gasteiger partial charge in [-0.15, -0.1) is 0 Å². The molecule has 0 aromatic heterocycles. The van der Waals surface area contributed by atoms with Gasteiger partial charge in [-0.3, -0.25) is 14.9 Å². The number of hydrogen-bond acceptors (Lipinski definition) is 4. The fourth-order valence-electron chi connectivity index (χ4n) is 2.55. The third-order valence-electron chi connectivity index (χ3n) is 4.05. The first-order valence-corrected chi connectivity index (χ1v) is 8.96. The fraction of sp³-hybridized carbons (Fsp3) is 0.286. The molecule has 0 bridgehead atoms. The highest BCUT2D eigenvalue weighted by Gasteiger charge is 2.16. The number of likely N-dealkylation sites (N-methyl/N-ethyl adjacent to an activating group) is 1. The van der Waals surface area contributed by atoms with Gasteiger partial charge in [0.05, 0.1) is 13.2 Å². The van der Waals surface area contributed by atoms with Crippen LogP contribution in [0.4, 0.5) is 16.2 Å². The van der Waals surface area contributed by atoms with Crippen molar-refractivity contribution in [2.45, 2.75) is 20.8 Å². The SMILES string of the molecule is CCOC(=O)Nc1ccc(C(=O)N(C)CC(=O)Nc2cc(C)ccc2C)cc1. The summed E-state index contributed by atoms with van der Waals surface area (Å²) in [5.41, 5.74) is 3.67. The van der Waals surface area contributed by atoms with E-state index in [1.54, 1.807) is 38.2 Å². The van der Waals surface area contributed by atoms with E-state index in [-0.39, 0.29) is 25.0 Å². The van der Waals surface area contributed by atoms with Crippen LogP contribution in [0.5, 0.6) is 0 Å². The maximum Gasteiger partial charge on any atom is 0.411 e. The molecule has 28 heavy (non-hydrogen) atoms. The van der Waals surface area contributed by atoms with Crippen molar-refractivity contribution >= 4 is 29.3 Å². The molecule has 0 spiro atoms. The second-order valence-electron chi connectivity index (χ2n) is 6.45. The van der Waals surface area contributed by atoms with Gasteiger partial charge in [-0.2, -0.15) is 0 Å². The van der Waals surface area contributed by atoms with Gasteiger partial charge in [0, 0.05) is 24.0 Å². The van der Waals surface area contributed by atoms with E-state index in [0.29, 0.717) is 11.3 Å². The maximum atomic E-state index is 12.5. The minimum Gasteiger partial charge on any atom is -0.450 e. The Balaban J connectivity index is 1.95. The normalized spacial score (nSPS) is 10.1. The van der Waals surface area contributed by atoms with Crippen LogP contribution < -0.4 is 10.6 Å². The zero-order valence-electron chi connectivity index (χ0n) is 16.5. The lowest BCUT2D eigenvalue weighted by Gasteiger charge is -2.18. The molecule has 3 amide bonds. The first-order chi connectivity index (χ1) is 13.3. The third-order valence-corrected chi connectivity index (χ3v) is 4.05. The van der Waals surface area contributed by atoms with Gasteiger partial charge < -0.3 is 15.0 Å². The van der Waals surface area contributed by atoms with Crippen LogP contribution in [-0.2, 0) is 9.53 Å². The van der Waals surface area contributed by atoms with Crippen molar-refractivity contribution in [3.05, 3.63) is 59.2 Å². The largest absolute Gasteiger partial charge is 0.450 e. The summed E-state index contributed by atoms with van der Waals surface area (Å²) in [6.45, 7) is 5.78. The quantitative estimate of drug-likeness (QED) is 0.798. The van der Waals surface area contributed by atoms with Crippen molar-refractivity contribution in [2.75, 3.05) is 30.8 Å². The minimum absolute atomic E-state index is 0.0744. The van der Waals surface area contributed by atoms with Crippen LogP contribution in [0.15, 0.2) is 42.5 Å². The Kier molecular flexibility index (Phi) is 7.14. The van der Waals surface area contributed by atoms with E-state index in [1.165, 1.54) is 4.90 Å². The van der Waals surface area contributed by atoms with Gasteiger partial charge in [0.25, 0.3) is 5.91 Å². The van der Waals surface area contributed by atoms with E-state index >= 15 is 0 Å². The molecule has 0 saturated carbocycles. The Morgan fingerprint density at radius 3 is 2.32 bits per heavy atom. The summed E-state index contributed by atoms with van der Waals surface area (Å²) >= 11 is 0. The van der Waals surface area contributed by atoms with Crippen LogP contribution in [0.25, 0.3) is 0 Å². The standard InChI is InChI=1S/C21H25N3O4/c1-5-28-21(27)22-17-10-8-16(9-11-17)20(26)24(4)13-19(25)23-18-12-14(2)6-7-15(18)3/h6-12H,5,13H2,1-4H3,(H,22,27)(H,23,25). The number of hydrogen-bond donors (Lipinski definition) is 2. The van der Waals surface area contributed by atoms with Crippen molar-refractivity contribution in [3.63, 3.8) is 0 Å². The summed E-state index contributed by atoms with van der Waals surface area (Å²) in [4.78, 5) is 37.6. The van der Waals surface area contributed by atoms with E-state index < -0.39 is 6.09 Å². The van der Waals surface area contributed by atoms with Crippen LogP contribution in [0.1, 0.15) is 28.4 Å².